The Morgan fingerprint density at radius 3 is 2.56 bits per heavy atom. The lowest BCUT2D eigenvalue weighted by atomic mass is 9.89. The molecule has 1 amide bonds. The number of aliphatic hydroxyl groups excluding tert-OH is 1. The van der Waals surface area contributed by atoms with Gasteiger partial charge in [0.25, 0.3) is 0 Å². The molecule has 2 aromatic rings. The number of aromatic nitrogens is 1. The van der Waals surface area contributed by atoms with Crippen molar-refractivity contribution in [2.24, 2.45) is 5.92 Å². The van der Waals surface area contributed by atoms with Crippen molar-refractivity contribution in [3.63, 3.8) is 0 Å². The summed E-state index contributed by atoms with van der Waals surface area (Å²) in [5.41, 5.74) is 0.224. The zero-order valence-corrected chi connectivity index (χ0v) is 14.7. The van der Waals surface area contributed by atoms with Crippen LogP contribution in [0, 0.1) is 5.92 Å². The summed E-state index contributed by atoms with van der Waals surface area (Å²) < 4.78 is 38.4. The number of hydrogen-bond donors (Lipinski definition) is 1. The van der Waals surface area contributed by atoms with E-state index in [0.29, 0.717) is 37.2 Å². The number of amides is 1. The van der Waals surface area contributed by atoms with Crippen molar-refractivity contribution >= 4 is 5.91 Å². The molecule has 2 heterocycles. The highest BCUT2D eigenvalue weighted by Gasteiger charge is 2.31. The van der Waals surface area contributed by atoms with Crippen molar-refractivity contribution in [2.75, 3.05) is 13.1 Å². The molecule has 0 bridgehead atoms. The van der Waals surface area contributed by atoms with Gasteiger partial charge in [0.1, 0.15) is 0 Å². The lowest BCUT2D eigenvalue weighted by molar-refractivity contribution is -0.138. The first-order valence-corrected chi connectivity index (χ1v) is 8.87. The quantitative estimate of drug-likeness (QED) is 0.884. The Morgan fingerprint density at radius 1 is 1.19 bits per heavy atom. The minimum Gasteiger partial charge on any atom is -0.387 e. The molecular weight excluding hydrogens is 357 g/mol. The molecule has 1 N–H and O–H groups in total. The zero-order chi connectivity index (χ0) is 19.4. The van der Waals surface area contributed by atoms with Crippen LogP contribution in [-0.4, -0.2) is 34.0 Å². The number of aliphatic hydroxyl groups is 1. The first kappa shape index (κ1) is 19.4. The van der Waals surface area contributed by atoms with Crippen molar-refractivity contribution in [2.45, 2.75) is 31.5 Å². The van der Waals surface area contributed by atoms with Crippen molar-refractivity contribution in [3.8, 4) is 0 Å². The van der Waals surface area contributed by atoms with E-state index in [1.807, 2.05) is 6.07 Å². The van der Waals surface area contributed by atoms with E-state index in [-0.39, 0.29) is 18.2 Å². The topological polar surface area (TPSA) is 53.4 Å². The van der Waals surface area contributed by atoms with E-state index in [0.717, 1.165) is 12.1 Å². The molecule has 1 saturated heterocycles. The molecule has 4 nitrogen and oxygen atoms in total. The van der Waals surface area contributed by atoms with Gasteiger partial charge in [-0.05, 0) is 42.5 Å². The van der Waals surface area contributed by atoms with Gasteiger partial charge in [-0.15, -0.1) is 0 Å². The molecule has 144 valence electrons. The number of piperidine rings is 1. The van der Waals surface area contributed by atoms with Crippen LogP contribution >= 0.6 is 0 Å². The molecule has 3 rings (SSSR count). The lowest BCUT2D eigenvalue weighted by Crippen LogP contribution is -2.40. The van der Waals surface area contributed by atoms with Crippen LogP contribution < -0.4 is 0 Å². The van der Waals surface area contributed by atoms with Gasteiger partial charge in [-0.1, -0.05) is 24.3 Å². The number of likely N-dealkylation sites (tertiary alicyclic amines) is 1. The predicted octanol–water partition coefficient (Wildman–Crippen LogP) is 3.62. The highest BCUT2D eigenvalue weighted by Crippen LogP contribution is 2.31. The van der Waals surface area contributed by atoms with Crippen LogP contribution in [0.15, 0.2) is 48.7 Å². The minimum atomic E-state index is -4.42. The van der Waals surface area contributed by atoms with Gasteiger partial charge in [-0.2, -0.15) is 13.2 Å². The third kappa shape index (κ3) is 4.86. The van der Waals surface area contributed by atoms with Gasteiger partial charge >= 0.3 is 6.18 Å². The van der Waals surface area contributed by atoms with Crippen LogP contribution in [-0.2, 0) is 17.4 Å². The normalized spacial score (nSPS) is 17.0. The molecule has 1 aliphatic rings. The maximum absolute atomic E-state index is 12.8. The maximum atomic E-state index is 12.8. The molecule has 0 saturated carbocycles. The highest BCUT2D eigenvalue weighted by molar-refractivity contribution is 5.78. The average Bonchev–Trinajstić information content (AvgIpc) is 2.68. The standard InChI is InChI=1S/C20H21F3N2O2/c21-20(22,23)16-5-3-4-14(12-16)13-18(26)25-10-7-15(8-11-25)19(27)17-6-1-2-9-24-17/h1-6,9,12,15,19,27H,7-8,10-11,13H2/t19-/m0/s1. The van der Waals surface area contributed by atoms with Crippen LogP contribution in [0.5, 0.6) is 0 Å². The van der Waals surface area contributed by atoms with Gasteiger partial charge in [0.2, 0.25) is 5.91 Å². The smallest absolute Gasteiger partial charge is 0.387 e. The highest BCUT2D eigenvalue weighted by atomic mass is 19.4. The van der Waals surface area contributed by atoms with E-state index in [1.54, 1.807) is 23.2 Å². The van der Waals surface area contributed by atoms with Crippen molar-refractivity contribution in [1.82, 2.24) is 9.88 Å². The van der Waals surface area contributed by atoms with Crippen LogP contribution in [0.2, 0.25) is 0 Å². The molecule has 0 radical (unpaired) electrons. The number of nitrogens with zero attached hydrogens (tertiary/aromatic N) is 2. The minimum absolute atomic E-state index is 0.0116. The Morgan fingerprint density at radius 2 is 1.93 bits per heavy atom. The van der Waals surface area contributed by atoms with Crippen molar-refractivity contribution < 1.29 is 23.1 Å². The molecule has 1 aromatic heterocycles. The zero-order valence-electron chi connectivity index (χ0n) is 14.7. The summed E-state index contributed by atoms with van der Waals surface area (Å²) in [5, 5.41) is 10.4. The van der Waals surface area contributed by atoms with Crippen molar-refractivity contribution in [3.05, 3.63) is 65.5 Å². The third-order valence-electron chi connectivity index (χ3n) is 4.94. The molecule has 1 fully saturated rings. The molecule has 7 heteroatoms. The molecule has 27 heavy (non-hydrogen) atoms. The SMILES string of the molecule is O=C(Cc1cccc(C(F)(F)F)c1)N1CCC([C@H](O)c2ccccn2)CC1. The summed E-state index contributed by atoms with van der Waals surface area (Å²) in [6, 6.07) is 10.2. The predicted molar refractivity (Wildman–Crippen MR) is 93.6 cm³/mol. The molecule has 1 atom stereocenters. The van der Waals surface area contributed by atoms with Crippen LogP contribution in [0.1, 0.15) is 35.8 Å². The Balaban J connectivity index is 1.56. The summed E-state index contributed by atoms with van der Waals surface area (Å²) >= 11 is 0. The molecular formula is C20H21F3N2O2. The lowest BCUT2D eigenvalue weighted by Gasteiger charge is -2.34. The van der Waals surface area contributed by atoms with E-state index in [4.69, 9.17) is 0 Å². The second-order valence-electron chi connectivity index (χ2n) is 6.79. The number of rotatable bonds is 4. The van der Waals surface area contributed by atoms with E-state index in [2.05, 4.69) is 4.98 Å². The number of carbonyl (C=O) groups excluding carboxylic acids is 1. The van der Waals surface area contributed by atoms with E-state index < -0.39 is 17.8 Å². The monoisotopic (exact) mass is 378 g/mol. The maximum Gasteiger partial charge on any atom is 0.416 e. The summed E-state index contributed by atoms with van der Waals surface area (Å²) in [5.74, 6) is -0.183. The number of alkyl halides is 3. The molecule has 1 aromatic carbocycles. The van der Waals surface area contributed by atoms with Crippen LogP contribution in [0.4, 0.5) is 13.2 Å². The van der Waals surface area contributed by atoms with E-state index in [1.165, 1.54) is 12.1 Å². The fourth-order valence-corrected chi connectivity index (χ4v) is 3.40. The third-order valence-corrected chi connectivity index (χ3v) is 4.94. The fourth-order valence-electron chi connectivity index (χ4n) is 3.40. The largest absolute Gasteiger partial charge is 0.416 e. The number of carbonyl (C=O) groups is 1. The molecule has 1 aliphatic heterocycles. The second kappa shape index (κ2) is 8.08. The first-order valence-electron chi connectivity index (χ1n) is 8.87. The Kier molecular flexibility index (Phi) is 5.79. The van der Waals surface area contributed by atoms with E-state index in [9.17, 15) is 23.1 Å². The number of pyridine rings is 1. The van der Waals surface area contributed by atoms with E-state index >= 15 is 0 Å². The number of benzene rings is 1. The van der Waals surface area contributed by atoms with Crippen molar-refractivity contribution in [1.29, 1.82) is 0 Å². The Bertz CT molecular complexity index is 772. The Labute approximate surface area is 155 Å². The second-order valence-corrected chi connectivity index (χ2v) is 6.79. The molecule has 0 aliphatic carbocycles. The van der Waals surface area contributed by atoms with Crippen LogP contribution in [0.25, 0.3) is 0 Å². The van der Waals surface area contributed by atoms with Gasteiger partial charge in [0.05, 0.1) is 23.8 Å². The van der Waals surface area contributed by atoms with Crippen LogP contribution in [0.3, 0.4) is 0 Å². The van der Waals surface area contributed by atoms with Gasteiger partial charge in [0.15, 0.2) is 0 Å². The molecule has 0 spiro atoms. The summed E-state index contributed by atoms with van der Waals surface area (Å²) in [4.78, 5) is 18.3. The summed E-state index contributed by atoms with van der Waals surface area (Å²) in [7, 11) is 0. The summed E-state index contributed by atoms with van der Waals surface area (Å²) in [6.45, 7) is 0.957. The fraction of sp³-hybridized carbons (Fsp3) is 0.400. The summed E-state index contributed by atoms with van der Waals surface area (Å²) in [6.07, 6.45) is -2.26. The number of halogens is 3. The van der Waals surface area contributed by atoms with Gasteiger partial charge in [-0.25, -0.2) is 0 Å². The number of hydrogen-bond acceptors (Lipinski definition) is 3. The average molecular weight is 378 g/mol. The first-order chi connectivity index (χ1) is 12.8. The molecule has 0 unspecified atom stereocenters. The van der Waals surface area contributed by atoms with Gasteiger partial charge in [0, 0.05) is 19.3 Å². The van der Waals surface area contributed by atoms with Gasteiger partial charge < -0.3 is 10.0 Å². The Hall–Kier alpha value is -2.41. The van der Waals surface area contributed by atoms with Gasteiger partial charge in [-0.3, -0.25) is 9.78 Å².